The summed E-state index contributed by atoms with van der Waals surface area (Å²) in [4.78, 5) is 1.18. The van der Waals surface area contributed by atoms with Gasteiger partial charge in [0.1, 0.15) is 5.75 Å². The van der Waals surface area contributed by atoms with Crippen molar-refractivity contribution in [2.45, 2.75) is 12.5 Å². The summed E-state index contributed by atoms with van der Waals surface area (Å²) in [5.74, 6) is 0.304. The summed E-state index contributed by atoms with van der Waals surface area (Å²) in [6, 6.07) is 9.58. The molecule has 3 rings (SSSR count). The summed E-state index contributed by atoms with van der Waals surface area (Å²) in [6.45, 7) is 0. The minimum Gasteiger partial charge on any atom is -0.508 e. The van der Waals surface area contributed by atoms with Gasteiger partial charge >= 0.3 is 0 Å². The highest BCUT2D eigenvalue weighted by Gasteiger charge is 2.24. The molecule has 0 bridgehead atoms. The smallest absolute Gasteiger partial charge is 0.120 e. The summed E-state index contributed by atoms with van der Waals surface area (Å²) in [5.41, 5.74) is 5.02. The highest BCUT2D eigenvalue weighted by molar-refractivity contribution is 9.10. The Morgan fingerprint density at radius 2 is 2.28 bits per heavy atom. The number of phenols is 1. The molecule has 2 heterocycles. The monoisotopic (exact) mass is 322 g/mol. The molecule has 0 saturated heterocycles. The fraction of sp³-hybridized carbons (Fsp3) is 0.154. The SMILES string of the molecule is Oc1ccc(Br)cc1C1CC(c2cccs2)=NN1. The van der Waals surface area contributed by atoms with E-state index in [1.807, 2.05) is 23.6 Å². The number of hydrogen-bond donors (Lipinski definition) is 2. The van der Waals surface area contributed by atoms with E-state index in [0.29, 0.717) is 5.75 Å². The second-order valence-electron chi connectivity index (χ2n) is 4.12. The normalized spacial score (nSPS) is 18.5. The fourth-order valence-corrected chi connectivity index (χ4v) is 3.13. The van der Waals surface area contributed by atoms with E-state index in [0.717, 1.165) is 22.2 Å². The van der Waals surface area contributed by atoms with Gasteiger partial charge < -0.3 is 10.5 Å². The topological polar surface area (TPSA) is 44.6 Å². The molecule has 2 aromatic rings. The summed E-state index contributed by atoms with van der Waals surface area (Å²) >= 11 is 5.11. The molecule has 1 aromatic heterocycles. The number of hydrogen-bond acceptors (Lipinski definition) is 4. The third kappa shape index (κ3) is 2.15. The largest absolute Gasteiger partial charge is 0.508 e. The van der Waals surface area contributed by atoms with Crippen LogP contribution in [0.4, 0.5) is 0 Å². The van der Waals surface area contributed by atoms with E-state index in [4.69, 9.17) is 0 Å². The molecule has 1 aliphatic heterocycles. The van der Waals surface area contributed by atoms with Gasteiger partial charge in [0.05, 0.1) is 16.6 Å². The molecule has 18 heavy (non-hydrogen) atoms. The molecule has 0 spiro atoms. The van der Waals surface area contributed by atoms with E-state index in [1.165, 1.54) is 4.88 Å². The minimum atomic E-state index is 0.0413. The lowest BCUT2D eigenvalue weighted by atomic mass is 10.0. The van der Waals surface area contributed by atoms with Crippen LogP contribution in [0.3, 0.4) is 0 Å². The molecule has 92 valence electrons. The van der Waals surface area contributed by atoms with Crippen LogP contribution in [0.25, 0.3) is 0 Å². The van der Waals surface area contributed by atoms with Gasteiger partial charge in [0.15, 0.2) is 0 Å². The first kappa shape index (κ1) is 11.7. The van der Waals surface area contributed by atoms with Gasteiger partial charge in [-0.25, -0.2) is 0 Å². The van der Waals surface area contributed by atoms with Crippen molar-refractivity contribution in [1.29, 1.82) is 0 Å². The van der Waals surface area contributed by atoms with Crippen LogP contribution >= 0.6 is 27.3 Å². The molecule has 0 saturated carbocycles. The predicted octanol–water partition coefficient (Wildman–Crippen LogP) is 3.65. The van der Waals surface area contributed by atoms with Crippen LogP contribution in [-0.4, -0.2) is 10.8 Å². The molecule has 1 aliphatic rings. The third-order valence-corrected chi connectivity index (χ3v) is 4.34. The van der Waals surface area contributed by atoms with E-state index in [1.54, 1.807) is 17.4 Å². The average Bonchev–Trinajstić information content (AvgIpc) is 3.00. The van der Waals surface area contributed by atoms with Crippen LogP contribution < -0.4 is 5.43 Å². The summed E-state index contributed by atoms with van der Waals surface area (Å²) in [7, 11) is 0. The molecule has 1 unspecified atom stereocenters. The molecule has 2 N–H and O–H groups in total. The maximum absolute atomic E-state index is 9.90. The first-order valence-electron chi connectivity index (χ1n) is 5.58. The number of nitrogens with zero attached hydrogens (tertiary/aromatic N) is 1. The van der Waals surface area contributed by atoms with Crippen LogP contribution in [0.2, 0.25) is 0 Å². The summed E-state index contributed by atoms with van der Waals surface area (Å²) in [5, 5.41) is 16.3. The molecule has 5 heteroatoms. The second-order valence-corrected chi connectivity index (χ2v) is 5.99. The van der Waals surface area contributed by atoms with Crippen LogP contribution in [0, 0.1) is 0 Å². The lowest BCUT2D eigenvalue weighted by Crippen LogP contribution is -2.10. The zero-order chi connectivity index (χ0) is 12.5. The van der Waals surface area contributed by atoms with Gasteiger partial charge in [-0.3, -0.25) is 0 Å². The Bertz CT molecular complexity index is 595. The Balaban J connectivity index is 1.84. The van der Waals surface area contributed by atoms with Crippen molar-refractivity contribution in [3.63, 3.8) is 0 Å². The number of benzene rings is 1. The molecule has 0 radical (unpaired) electrons. The second kappa shape index (κ2) is 4.74. The molecule has 1 aromatic carbocycles. The fourth-order valence-electron chi connectivity index (χ4n) is 2.02. The molecule has 3 nitrogen and oxygen atoms in total. The molecule has 0 aliphatic carbocycles. The van der Waals surface area contributed by atoms with Gasteiger partial charge in [-0.2, -0.15) is 5.10 Å². The highest BCUT2D eigenvalue weighted by Crippen LogP contribution is 2.33. The Morgan fingerprint density at radius 1 is 1.39 bits per heavy atom. The van der Waals surface area contributed by atoms with E-state index in [-0.39, 0.29) is 6.04 Å². The third-order valence-electron chi connectivity index (χ3n) is 2.92. The van der Waals surface area contributed by atoms with Gasteiger partial charge in [0.25, 0.3) is 0 Å². The van der Waals surface area contributed by atoms with Gasteiger partial charge in [-0.1, -0.05) is 22.0 Å². The molecule has 0 amide bonds. The van der Waals surface area contributed by atoms with Crippen molar-refractivity contribution in [2.75, 3.05) is 0 Å². The van der Waals surface area contributed by atoms with Gasteiger partial charge in [-0.15, -0.1) is 11.3 Å². The van der Waals surface area contributed by atoms with E-state index in [2.05, 4.69) is 32.5 Å². The van der Waals surface area contributed by atoms with Crippen molar-refractivity contribution in [2.24, 2.45) is 5.10 Å². The zero-order valence-corrected chi connectivity index (χ0v) is 11.8. The Morgan fingerprint density at radius 3 is 3.06 bits per heavy atom. The van der Waals surface area contributed by atoms with Crippen molar-refractivity contribution < 1.29 is 5.11 Å². The number of hydrazone groups is 1. The first-order valence-corrected chi connectivity index (χ1v) is 7.25. The van der Waals surface area contributed by atoms with Crippen molar-refractivity contribution in [1.82, 2.24) is 5.43 Å². The van der Waals surface area contributed by atoms with E-state index in [9.17, 15) is 5.11 Å². The van der Waals surface area contributed by atoms with Crippen molar-refractivity contribution in [3.8, 4) is 5.75 Å². The van der Waals surface area contributed by atoms with E-state index >= 15 is 0 Å². The predicted molar refractivity (Wildman–Crippen MR) is 77.2 cm³/mol. The lowest BCUT2D eigenvalue weighted by molar-refractivity contribution is 0.455. The number of thiophene rings is 1. The Labute approximate surface area is 117 Å². The van der Waals surface area contributed by atoms with Crippen LogP contribution in [0.15, 0.2) is 45.3 Å². The maximum atomic E-state index is 9.90. The van der Waals surface area contributed by atoms with Crippen molar-refractivity contribution in [3.05, 3.63) is 50.6 Å². The van der Waals surface area contributed by atoms with Gasteiger partial charge in [0, 0.05) is 16.5 Å². The maximum Gasteiger partial charge on any atom is 0.120 e. The van der Waals surface area contributed by atoms with Crippen molar-refractivity contribution >= 4 is 33.0 Å². The molecular formula is C13H11BrN2OS. The Hall–Kier alpha value is -1.33. The first-order chi connectivity index (χ1) is 8.74. The van der Waals surface area contributed by atoms with Crippen LogP contribution in [-0.2, 0) is 0 Å². The summed E-state index contributed by atoms with van der Waals surface area (Å²) < 4.78 is 0.960. The number of rotatable bonds is 2. The minimum absolute atomic E-state index is 0.0413. The number of nitrogens with one attached hydrogen (secondary N) is 1. The van der Waals surface area contributed by atoms with Crippen LogP contribution in [0.5, 0.6) is 5.75 Å². The average molecular weight is 323 g/mol. The molecule has 0 fully saturated rings. The highest BCUT2D eigenvalue weighted by atomic mass is 79.9. The standard InChI is InChI=1S/C13H11BrN2OS/c14-8-3-4-12(17)9(6-8)10-7-11(16-15-10)13-2-1-5-18-13/h1-6,10,15,17H,7H2. The van der Waals surface area contributed by atoms with Gasteiger partial charge in [0.2, 0.25) is 0 Å². The quantitative estimate of drug-likeness (QED) is 0.886. The summed E-state index contributed by atoms with van der Waals surface area (Å²) in [6.07, 6.45) is 0.796. The molecular weight excluding hydrogens is 312 g/mol. The van der Waals surface area contributed by atoms with E-state index < -0.39 is 0 Å². The number of phenolic OH excluding ortho intramolecular Hbond substituents is 1. The zero-order valence-electron chi connectivity index (χ0n) is 9.43. The van der Waals surface area contributed by atoms with Crippen LogP contribution in [0.1, 0.15) is 22.9 Å². The number of halogens is 1. The lowest BCUT2D eigenvalue weighted by Gasteiger charge is -2.12. The number of aromatic hydroxyl groups is 1. The Kier molecular flexibility index (Phi) is 3.09. The van der Waals surface area contributed by atoms with Gasteiger partial charge in [-0.05, 0) is 29.6 Å². The molecule has 1 atom stereocenters.